The number of nitrogens with zero attached hydrogens (tertiary/aromatic N) is 2. The Kier molecular flexibility index (Phi) is 8.00. The van der Waals surface area contributed by atoms with Crippen molar-refractivity contribution in [2.24, 2.45) is 5.92 Å². The molecule has 0 aliphatic heterocycles. The molecule has 34 heavy (non-hydrogen) atoms. The molecule has 0 saturated heterocycles. The van der Waals surface area contributed by atoms with Crippen LogP contribution in [-0.4, -0.2) is 27.0 Å². The lowest BCUT2D eigenvalue weighted by molar-refractivity contribution is 0.0697. The van der Waals surface area contributed by atoms with E-state index < -0.39 is 23.8 Å². The third-order valence-electron chi connectivity index (χ3n) is 5.31. The molecule has 176 valence electrons. The highest BCUT2D eigenvalue weighted by Crippen LogP contribution is 2.32. The van der Waals surface area contributed by atoms with Crippen LogP contribution >= 0.6 is 23.2 Å². The maximum Gasteiger partial charge on any atom is 0.335 e. The van der Waals surface area contributed by atoms with Gasteiger partial charge in [-0.2, -0.15) is 5.26 Å². The van der Waals surface area contributed by atoms with Crippen LogP contribution in [0.5, 0.6) is 0 Å². The second-order valence-corrected chi connectivity index (χ2v) is 9.09. The fourth-order valence-corrected chi connectivity index (χ4v) is 4.11. The van der Waals surface area contributed by atoms with E-state index in [-0.39, 0.29) is 16.5 Å². The topological polar surface area (TPSA) is 115 Å². The summed E-state index contributed by atoms with van der Waals surface area (Å²) in [5.74, 6) is -0.912. The molecule has 3 N–H and O–H groups in total. The number of hydrogen-bond acceptors (Lipinski definition) is 5. The lowest BCUT2D eigenvalue weighted by Gasteiger charge is -2.28. The highest BCUT2D eigenvalue weighted by molar-refractivity contribution is 6.33. The van der Waals surface area contributed by atoms with Crippen molar-refractivity contribution >= 4 is 34.9 Å². The van der Waals surface area contributed by atoms with Crippen molar-refractivity contribution in [2.45, 2.75) is 32.5 Å². The Hall–Kier alpha value is -3.31. The zero-order valence-corrected chi connectivity index (χ0v) is 20.0. The molecule has 2 unspecified atom stereocenters. The van der Waals surface area contributed by atoms with Crippen LogP contribution in [0.3, 0.4) is 0 Å². The standard InChI is InChI=1S/C25H23Cl2N3O4/c1-14(2)9-22(24(32)29-18-7-4-15(5-8-18)25(33)34)30-13-21(27)20(11-23(30)31)19-10-17(26)6-3-16(19)12-28/h3-8,10-11,13-14,22,24,29,32H,9H2,1-2H3,(H,33,34). The van der Waals surface area contributed by atoms with Crippen LogP contribution < -0.4 is 10.9 Å². The van der Waals surface area contributed by atoms with Crippen LogP contribution in [0.4, 0.5) is 5.69 Å². The van der Waals surface area contributed by atoms with Crippen LogP contribution in [-0.2, 0) is 0 Å². The zero-order chi connectivity index (χ0) is 25.0. The Balaban J connectivity index is 1.99. The van der Waals surface area contributed by atoms with Gasteiger partial charge in [-0.1, -0.05) is 37.0 Å². The van der Waals surface area contributed by atoms with Crippen LogP contribution in [0.2, 0.25) is 10.0 Å². The third-order valence-corrected chi connectivity index (χ3v) is 5.84. The minimum absolute atomic E-state index is 0.120. The van der Waals surface area contributed by atoms with E-state index in [9.17, 15) is 20.0 Å². The molecule has 2 atom stereocenters. The molecular weight excluding hydrogens is 477 g/mol. The molecule has 1 aromatic heterocycles. The number of nitrogens with one attached hydrogen (secondary N) is 1. The fraction of sp³-hybridized carbons (Fsp3) is 0.240. The number of carboxylic acids is 1. The third kappa shape index (κ3) is 5.78. The Labute approximate surface area is 206 Å². The normalized spacial score (nSPS) is 12.7. The van der Waals surface area contributed by atoms with Gasteiger partial charge in [0.2, 0.25) is 0 Å². The molecule has 0 radical (unpaired) electrons. The van der Waals surface area contributed by atoms with Crippen molar-refractivity contribution in [1.82, 2.24) is 4.57 Å². The number of benzene rings is 2. The summed E-state index contributed by atoms with van der Waals surface area (Å²) in [5.41, 5.74) is 1.36. The van der Waals surface area contributed by atoms with Crippen LogP contribution in [0, 0.1) is 17.2 Å². The first-order valence-corrected chi connectivity index (χ1v) is 11.3. The van der Waals surface area contributed by atoms with Crippen molar-refractivity contribution in [1.29, 1.82) is 5.26 Å². The molecule has 0 bridgehead atoms. The molecule has 0 saturated carbocycles. The van der Waals surface area contributed by atoms with Gasteiger partial charge in [-0.05, 0) is 54.8 Å². The van der Waals surface area contributed by atoms with E-state index in [1.54, 1.807) is 30.3 Å². The molecular formula is C25H23Cl2N3O4. The molecule has 1 heterocycles. The van der Waals surface area contributed by atoms with Gasteiger partial charge in [-0.25, -0.2) is 4.79 Å². The summed E-state index contributed by atoms with van der Waals surface area (Å²) >= 11 is 12.6. The number of aromatic carboxylic acids is 1. The summed E-state index contributed by atoms with van der Waals surface area (Å²) in [6, 6.07) is 13.4. The van der Waals surface area contributed by atoms with Gasteiger partial charge >= 0.3 is 5.97 Å². The van der Waals surface area contributed by atoms with Crippen LogP contribution in [0.15, 0.2) is 59.5 Å². The Morgan fingerprint density at radius 3 is 2.38 bits per heavy atom. The number of carboxylic acid groups (broad SMARTS) is 1. The number of aliphatic hydroxyl groups is 1. The van der Waals surface area contributed by atoms with Crippen LogP contribution in [0.25, 0.3) is 11.1 Å². The molecule has 0 amide bonds. The second kappa shape index (κ2) is 10.7. The first-order valence-electron chi connectivity index (χ1n) is 10.5. The van der Waals surface area contributed by atoms with Crippen molar-refractivity contribution in [2.75, 3.05) is 5.32 Å². The lowest BCUT2D eigenvalue weighted by atomic mass is 9.99. The van der Waals surface area contributed by atoms with Crippen molar-refractivity contribution < 1.29 is 15.0 Å². The fourth-order valence-electron chi connectivity index (χ4n) is 3.68. The Morgan fingerprint density at radius 1 is 1.12 bits per heavy atom. The van der Waals surface area contributed by atoms with Gasteiger partial charge in [-0.15, -0.1) is 0 Å². The first-order chi connectivity index (χ1) is 16.1. The highest BCUT2D eigenvalue weighted by atomic mass is 35.5. The van der Waals surface area contributed by atoms with E-state index in [0.29, 0.717) is 33.8 Å². The van der Waals surface area contributed by atoms with Gasteiger partial charge in [0, 0.05) is 34.1 Å². The number of anilines is 1. The molecule has 0 aliphatic rings. The summed E-state index contributed by atoms with van der Waals surface area (Å²) < 4.78 is 1.37. The van der Waals surface area contributed by atoms with Crippen molar-refractivity contribution in [3.63, 3.8) is 0 Å². The number of aliphatic hydroxyl groups excluding tert-OH is 1. The van der Waals surface area contributed by atoms with E-state index in [1.807, 2.05) is 13.8 Å². The lowest BCUT2D eigenvalue weighted by Crippen LogP contribution is -2.37. The maximum atomic E-state index is 13.1. The maximum absolute atomic E-state index is 13.1. The number of halogens is 2. The van der Waals surface area contributed by atoms with Gasteiger partial charge in [-0.3, -0.25) is 4.79 Å². The van der Waals surface area contributed by atoms with E-state index in [0.717, 1.165) is 0 Å². The van der Waals surface area contributed by atoms with Gasteiger partial charge in [0.25, 0.3) is 5.56 Å². The number of carbonyl (C=O) groups is 1. The molecule has 0 spiro atoms. The molecule has 7 nitrogen and oxygen atoms in total. The van der Waals surface area contributed by atoms with E-state index in [4.69, 9.17) is 28.3 Å². The van der Waals surface area contributed by atoms with Gasteiger partial charge in [0.05, 0.1) is 28.3 Å². The minimum atomic E-state index is -1.17. The van der Waals surface area contributed by atoms with Gasteiger partial charge in [0.15, 0.2) is 0 Å². The monoisotopic (exact) mass is 499 g/mol. The summed E-state index contributed by atoms with van der Waals surface area (Å²) in [5, 5.41) is 33.0. The van der Waals surface area contributed by atoms with E-state index >= 15 is 0 Å². The molecule has 3 aromatic rings. The summed E-state index contributed by atoms with van der Waals surface area (Å²) in [7, 11) is 0. The highest BCUT2D eigenvalue weighted by Gasteiger charge is 2.25. The first kappa shape index (κ1) is 25.3. The summed E-state index contributed by atoms with van der Waals surface area (Å²) in [4.78, 5) is 24.2. The molecule has 0 aliphatic carbocycles. The second-order valence-electron chi connectivity index (χ2n) is 8.25. The number of nitriles is 1. The van der Waals surface area contributed by atoms with Crippen molar-refractivity contribution in [3.05, 3.63) is 86.3 Å². The summed E-state index contributed by atoms with van der Waals surface area (Å²) in [6.45, 7) is 3.93. The quantitative estimate of drug-likeness (QED) is 0.357. The van der Waals surface area contributed by atoms with E-state index in [2.05, 4.69) is 11.4 Å². The molecule has 3 rings (SSSR count). The van der Waals surface area contributed by atoms with Gasteiger partial charge in [0.1, 0.15) is 6.23 Å². The Bertz CT molecular complexity index is 1300. The molecule has 2 aromatic carbocycles. The largest absolute Gasteiger partial charge is 0.478 e. The Morgan fingerprint density at radius 2 is 1.79 bits per heavy atom. The number of hydrogen-bond donors (Lipinski definition) is 3. The van der Waals surface area contributed by atoms with Crippen molar-refractivity contribution in [3.8, 4) is 17.2 Å². The predicted molar refractivity (Wildman–Crippen MR) is 132 cm³/mol. The van der Waals surface area contributed by atoms with E-state index in [1.165, 1.54) is 29.0 Å². The zero-order valence-electron chi connectivity index (χ0n) is 18.5. The van der Waals surface area contributed by atoms with Crippen LogP contribution in [0.1, 0.15) is 42.2 Å². The number of aromatic nitrogens is 1. The molecule has 9 heteroatoms. The average Bonchev–Trinajstić information content (AvgIpc) is 2.79. The smallest absolute Gasteiger partial charge is 0.335 e. The number of rotatable bonds is 8. The SMILES string of the molecule is CC(C)CC(C(O)Nc1ccc(C(=O)O)cc1)n1cc(Cl)c(-c2cc(Cl)ccc2C#N)cc1=O. The average molecular weight is 500 g/mol. The van der Waals surface area contributed by atoms with Gasteiger partial charge < -0.3 is 20.1 Å². The predicted octanol–water partition coefficient (Wildman–Crippen LogP) is 5.41. The minimum Gasteiger partial charge on any atom is -0.478 e. The summed E-state index contributed by atoms with van der Waals surface area (Å²) in [6.07, 6.45) is 0.739. The molecule has 0 fully saturated rings. The number of pyridine rings is 1.